The number of carbonyl (C=O) groups excluding carboxylic acids is 2. The molecule has 1 aliphatic heterocycles. The fourth-order valence-corrected chi connectivity index (χ4v) is 5.66. The third-order valence-electron chi connectivity index (χ3n) is 6.07. The van der Waals surface area contributed by atoms with Gasteiger partial charge in [-0.1, -0.05) is 57.4 Å². The van der Waals surface area contributed by atoms with Crippen molar-refractivity contribution in [3.63, 3.8) is 0 Å². The van der Waals surface area contributed by atoms with E-state index in [2.05, 4.69) is 25.2 Å². The maximum absolute atomic E-state index is 13.6. The molecule has 1 aliphatic carbocycles. The zero-order valence-corrected chi connectivity index (χ0v) is 18.1. The number of thiophene rings is 1. The Morgan fingerprint density at radius 2 is 1.90 bits per heavy atom. The van der Waals surface area contributed by atoms with Gasteiger partial charge in [0.1, 0.15) is 0 Å². The van der Waals surface area contributed by atoms with Crippen molar-refractivity contribution in [3.8, 4) is 0 Å². The van der Waals surface area contributed by atoms with Crippen molar-refractivity contribution in [1.82, 2.24) is 10.2 Å². The van der Waals surface area contributed by atoms with Gasteiger partial charge in [0.05, 0.1) is 12.0 Å². The zero-order chi connectivity index (χ0) is 20.4. The van der Waals surface area contributed by atoms with Crippen molar-refractivity contribution in [3.05, 3.63) is 57.8 Å². The Bertz CT molecular complexity index is 856. The Hall–Kier alpha value is -2.14. The second-order valence-corrected chi connectivity index (χ2v) is 9.70. The van der Waals surface area contributed by atoms with Crippen LogP contribution < -0.4 is 5.32 Å². The number of hydrogen-bond acceptors (Lipinski definition) is 3. The van der Waals surface area contributed by atoms with Gasteiger partial charge in [0.2, 0.25) is 5.91 Å². The third kappa shape index (κ3) is 4.11. The molecule has 2 heterocycles. The number of carbonyl (C=O) groups is 2. The lowest BCUT2D eigenvalue weighted by atomic mass is 9.80. The standard InChI is InChI=1S/C24H30N2O2S/c1-16(2)15-26-22(20-13-8-14-29-20)21(18-11-6-7-12-19(18)24(26)28)23(27)25-17-9-4-3-5-10-17/h6-8,11-14,16-17,21-22H,3-5,9-10,15H2,1-2H3,(H,25,27)/t21-,22+/m0/s1. The van der Waals surface area contributed by atoms with Gasteiger partial charge < -0.3 is 10.2 Å². The summed E-state index contributed by atoms with van der Waals surface area (Å²) in [4.78, 5) is 30.1. The van der Waals surface area contributed by atoms with E-state index in [4.69, 9.17) is 0 Å². The monoisotopic (exact) mass is 410 g/mol. The van der Waals surface area contributed by atoms with Gasteiger partial charge in [0, 0.05) is 23.0 Å². The Morgan fingerprint density at radius 1 is 1.14 bits per heavy atom. The number of nitrogens with zero attached hydrogens (tertiary/aromatic N) is 1. The predicted octanol–water partition coefficient (Wildman–Crippen LogP) is 5.13. The summed E-state index contributed by atoms with van der Waals surface area (Å²) < 4.78 is 0. The van der Waals surface area contributed by atoms with E-state index >= 15 is 0 Å². The summed E-state index contributed by atoms with van der Waals surface area (Å²) in [6, 6.07) is 11.7. The Kier molecular flexibility index (Phi) is 6.04. The van der Waals surface area contributed by atoms with Crippen LogP contribution in [0.4, 0.5) is 0 Å². The summed E-state index contributed by atoms with van der Waals surface area (Å²) in [6.45, 7) is 4.88. The first-order valence-corrected chi connectivity index (χ1v) is 11.7. The molecule has 4 nitrogen and oxygen atoms in total. The van der Waals surface area contributed by atoms with E-state index in [9.17, 15) is 9.59 Å². The van der Waals surface area contributed by atoms with Gasteiger partial charge in [-0.3, -0.25) is 9.59 Å². The molecule has 2 aromatic rings. The van der Waals surface area contributed by atoms with Crippen LogP contribution in [-0.2, 0) is 4.79 Å². The Balaban J connectivity index is 1.76. The van der Waals surface area contributed by atoms with Gasteiger partial charge in [0.25, 0.3) is 5.91 Å². The lowest BCUT2D eigenvalue weighted by Crippen LogP contribution is -2.50. The van der Waals surface area contributed by atoms with Gasteiger partial charge in [-0.15, -0.1) is 11.3 Å². The van der Waals surface area contributed by atoms with E-state index < -0.39 is 0 Å². The third-order valence-corrected chi connectivity index (χ3v) is 7.01. The molecule has 2 amide bonds. The van der Waals surface area contributed by atoms with Crippen LogP contribution in [0.25, 0.3) is 0 Å². The maximum atomic E-state index is 13.6. The van der Waals surface area contributed by atoms with Crippen molar-refractivity contribution < 1.29 is 9.59 Å². The summed E-state index contributed by atoms with van der Waals surface area (Å²) in [7, 11) is 0. The minimum absolute atomic E-state index is 0.0365. The normalized spacial score (nSPS) is 22.6. The smallest absolute Gasteiger partial charge is 0.254 e. The van der Waals surface area contributed by atoms with Crippen LogP contribution in [0.3, 0.4) is 0 Å². The van der Waals surface area contributed by atoms with E-state index in [0.29, 0.717) is 18.0 Å². The molecule has 1 aromatic heterocycles. The first-order chi connectivity index (χ1) is 14.1. The van der Waals surface area contributed by atoms with Gasteiger partial charge in [0.15, 0.2) is 0 Å². The van der Waals surface area contributed by atoms with E-state index in [-0.39, 0.29) is 29.8 Å². The van der Waals surface area contributed by atoms with Crippen LogP contribution in [0.2, 0.25) is 0 Å². The number of fused-ring (bicyclic) bond motifs is 1. The maximum Gasteiger partial charge on any atom is 0.254 e. The molecule has 1 N–H and O–H groups in total. The number of nitrogens with one attached hydrogen (secondary N) is 1. The fraction of sp³-hybridized carbons (Fsp3) is 0.500. The Morgan fingerprint density at radius 3 is 2.59 bits per heavy atom. The first-order valence-electron chi connectivity index (χ1n) is 10.8. The zero-order valence-electron chi connectivity index (χ0n) is 17.3. The van der Waals surface area contributed by atoms with Gasteiger partial charge >= 0.3 is 0 Å². The molecule has 1 saturated carbocycles. The molecule has 0 radical (unpaired) electrons. The molecule has 0 bridgehead atoms. The summed E-state index contributed by atoms with van der Waals surface area (Å²) in [6.07, 6.45) is 5.72. The highest BCUT2D eigenvalue weighted by Gasteiger charge is 2.44. The van der Waals surface area contributed by atoms with Crippen molar-refractivity contribution in [2.75, 3.05) is 6.54 Å². The fourth-order valence-electron chi connectivity index (χ4n) is 4.78. The molecule has 29 heavy (non-hydrogen) atoms. The first kappa shape index (κ1) is 20.1. The molecule has 0 saturated heterocycles. The Labute approximate surface area is 177 Å². The van der Waals surface area contributed by atoms with Crippen molar-refractivity contribution in [2.45, 2.75) is 64.0 Å². The summed E-state index contributed by atoms with van der Waals surface area (Å²) in [5, 5.41) is 5.37. The molecular weight excluding hydrogens is 380 g/mol. The minimum Gasteiger partial charge on any atom is -0.353 e. The molecule has 4 rings (SSSR count). The van der Waals surface area contributed by atoms with Crippen molar-refractivity contribution in [2.24, 2.45) is 5.92 Å². The lowest BCUT2D eigenvalue weighted by molar-refractivity contribution is -0.125. The van der Waals surface area contributed by atoms with E-state index in [1.54, 1.807) is 11.3 Å². The second kappa shape index (κ2) is 8.70. The van der Waals surface area contributed by atoms with Crippen molar-refractivity contribution >= 4 is 23.2 Å². The van der Waals surface area contributed by atoms with Crippen LogP contribution in [0, 0.1) is 5.92 Å². The molecule has 2 atom stereocenters. The largest absolute Gasteiger partial charge is 0.353 e. The molecule has 0 spiro atoms. The molecule has 1 fully saturated rings. The molecule has 1 aromatic carbocycles. The molecule has 5 heteroatoms. The van der Waals surface area contributed by atoms with Crippen LogP contribution in [0.5, 0.6) is 0 Å². The van der Waals surface area contributed by atoms with Gasteiger partial charge in [-0.2, -0.15) is 0 Å². The summed E-state index contributed by atoms with van der Waals surface area (Å²) >= 11 is 1.63. The van der Waals surface area contributed by atoms with Crippen LogP contribution in [0.15, 0.2) is 41.8 Å². The molecule has 0 unspecified atom stereocenters. The lowest BCUT2D eigenvalue weighted by Gasteiger charge is -2.42. The highest BCUT2D eigenvalue weighted by molar-refractivity contribution is 7.10. The van der Waals surface area contributed by atoms with E-state index in [1.165, 1.54) is 19.3 Å². The van der Waals surface area contributed by atoms with E-state index in [0.717, 1.165) is 23.3 Å². The highest BCUT2D eigenvalue weighted by Crippen LogP contribution is 2.44. The number of hydrogen-bond donors (Lipinski definition) is 1. The number of rotatable bonds is 5. The molecule has 2 aliphatic rings. The van der Waals surface area contributed by atoms with Crippen LogP contribution in [-0.4, -0.2) is 29.3 Å². The quantitative estimate of drug-likeness (QED) is 0.742. The second-order valence-electron chi connectivity index (χ2n) is 8.72. The van der Waals surface area contributed by atoms with Crippen molar-refractivity contribution in [1.29, 1.82) is 0 Å². The molecular formula is C24H30N2O2S. The van der Waals surface area contributed by atoms with Gasteiger partial charge in [-0.25, -0.2) is 0 Å². The number of amides is 2. The summed E-state index contributed by atoms with van der Waals surface area (Å²) in [5.41, 5.74) is 1.54. The highest BCUT2D eigenvalue weighted by atomic mass is 32.1. The van der Waals surface area contributed by atoms with E-state index in [1.807, 2.05) is 40.6 Å². The summed E-state index contributed by atoms with van der Waals surface area (Å²) in [5.74, 6) is 0.0513. The minimum atomic E-state index is -0.372. The van der Waals surface area contributed by atoms with Crippen LogP contribution >= 0.6 is 11.3 Å². The van der Waals surface area contributed by atoms with Crippen LogP contribution in [0.1, 0.15) is 78.7 Å². The number of benzene rings is 1. The molecule has 154 valence electrons. The predicted molar refractivity (Wildman–Crippen MR) is 117 cm³/mol. The topological polar surface area (TPSA) is 49.4 Å². The average Bonchev–Trinajstić information content (AvgIpc) is 3.24. The SMILES string of the molecule is CC(C)CN1C(=O)c2ccccc2[C@H](C(=O)NC2CCCCC2)[C@H]1c1cccs1. The van der Waals surface area contributed by atoms with Gasteiger partial charge in [-0.05, 0) is 41.8 Å². The average molecular weight is 411 g/mol.